The van der Waals surface area contributed by atoms with Crippen molar-refractivity contribution in [1.82, 2.24) is 10.2 Å². The predicted molar refractivity (Wildman–Crippen MR) is 198 cm³/mol. The molecule has 0 amide bonds. The molecule has 55 heavy (non-hydrogen) atoms. The highest BCUT2D eigenvalue weighted by Crippen LogP contribution is 2.37. The Morgan fingerprint density at radius 3 is 2.35 bits per heavy atom. The second kappa shape index (κ2) is 17.9. The summed E-state index contributed by atoms with van der Waals surface area (Å²) in [5.74, 6) is -1.89. The Morgan fingerprint density at radius 2 is 1.69 bits per heavy atom. The zero-order valence-electron chi connectivity index (χ0n) is 30.1. The number of halogens is 5. The molecule has 3 fully saturated rings. The third-order valence-corrected chi connectivity index (χ3v) is 10.3. The molecule has 1 aromatic heterocycles. The maximum Gasteiger partial charge on any atom is 0.387 e. The Balaban J connectivity index is 1.24. The first-order chi connectivity index (χ1) is 26.3. The number of ether oxygens (including phenoxy) is 4. The first kappa shape index (κ1) is 40.1. The Labute approximate surface area is 326 Å². The molecule has 3 saturated heterocycles. The number of hydrogen-bond donors (Lipinski definition) is 1. The maximum absolute atomic E-state index is 15.1. The van der Waals surface area contributed by atoms with Crippen LogP contribution in [-0.2, 0) is 27.2 Å². The van der Waals surface area contributed by atoms with E-state index in [2.05, 4.69) is 15.0 Å². The van der Waals surface area contributed by atoms with Crippen molar-refractivity contribution in [3.63, 3.8) is 0 Å². The Hall–Kier alpha value is -4.56. The molecular formula is C40H40Cl2F3N3O7. The van der Waals surface area contributed by atoms with Gasteiger partial charge in [0.2, 0.25) is 0 Å². The minimum absolute atomic E-state index is 0.0130. The summed E-state index contributed by atoms with van der Waals surface area (Å²) in [6, 6.07) is 15.5. The largest absolute Gasteiger partial charge is 0.619 e. The van der Waals surface area contributed by atoms with E-state index in [-0.39, 0.29) is 57.7 Å². The van der Waals surface area contributed by atoms with Gasteiger partial charge in [0.15, 0.2) is 23.9 Å². The standard InChI is InChI=1S/C40H40Cl2F3N3O7/c1-23(2)52-35-17-26(10-11-33(35)55-40(44)45)34(18-29-30(41)20-48(51)21-31(29)42)53-38(49)27-7-5-6-24(16-27)19-46-37(28-8-3-4-9-32(28)43)39(50)54-36-22-47-14-12-25(36)13-15-47/h3-11,16-17,20-21,23,25,34,36-37,40,46H,12-15,18-19,22H2,1-2H3/t34?,36-,37?/m0/s1. The van der Waals surface area contributed by atoms with Crippen molar-refractivity contribution in [3.05, 3.63) is 128 Å². The van der Waals surface area contributed by atoms with Gasteiger partial charge in [-0.15, -0.1) is 0 Å². The van der Waals surface area contributed by atoms with Crippen LogP contribution in [0.25, 0.3) is 0 Å². The molecule has 2 bridgehead atoms. The number of esters is 2. The number of benzene rings is 3. The summed E-state index contributed by atoms with van der Waals surface area (Å²) in [6.45, 7) is 2.95. The van der Waals surface area contributed by atoms with Crippen LogP contribution in [0, 0.1) is 16.9 Å². The molecule has 2 unspecified atom stereocenters. The van der Waals surface area contributed by atoms with Gasteiger partial charge in [-0.3, -0.25) is 10.2 Å². The van der Waals surface area contributed by atoms with Crippen molar-refractivity contribution in [2.75, 3.05) is 19.6 Å². The van der Waals surface area contributed by atoms with Gasteiger partial charge in [-0.25, -0.2) is 14.0 Å². The van der Waals surface area contributed by atoms with E-state index in [1.807, 2.05) is 0 Å². The summed E-state index contributed by atoms with van der Waals surface area (Å²) in [6.07, 6.45) is 2.19. The predicted octanol–water partition coefficient (Wildman–Crippen LogP) is 7.76. The lowest BCUT2D eigenvalue weighted by Gasteiger charge is -2.44. The van der Waals surface area contributed by atoms with Crippen molar-refractivity contribution >= 4 is 35.1 Å². The first-order valence-corrected chi connectivity index (χ1v) is 18.6. The Morgan fingerprint density at radius 1 is 0.964 bits per heavy atom. The number of carbonyl (C=O) groups excluding carboxylic acids is 2. The first-order valence-electron chi connectivity index (χ1n) is 17.9. The maximum atomic E-state index is 15.1. The minimum atomic E-state index is -3.12. The summed E-state index contributed by atoms with van der Waals surface area (Å²) < 4.78 is 64.4. The van der Waals surface area contributed by atoms with E-state index in [1.54, 1.807) is 44.2 Å². The molecule has 0 aliphatic carbocycles. The summed E-state index contributed by atoms with van der Waals surface area (Å²) >= 11 is 12.8. The van der Waals surface area contributed by atoms with E-state index in [0.29, 0.717) is 28.0 Å². The minimum Gasteiger partial charge on any atom is -0.619 e. The number of hydrogen-bond acceptors (Lipinski definition) is 9. The van der Waals surface area contributed by atoms with Crippen LogP contribution in [0.5, 0.6) is 11.5 Å². The van der Waals surface area contributed by atoms with Crippen molar-refractivity contribution in [2.45, 2.75) is 70.6 Å². The number of alkyl halides is 2. The molecule has 7 rings (SSSR count). The van der Waals surface area contributed by atoms with E-state index in [0.717, 1.165) is 38.3 Å². The molecule has 3 aliphatic rings. The fourth-order valence-electron chi connectivity index (χ4n) is 6.92. The molecular weight excluding hydrogens is 762 g/mol. The molecule has 15 heteroatoms. The molecule has 10 nitrogen and oxygen atoms in total. The molecule has 4 aromatic rings. The molecule has 1 N–H and O–H groups in total. The molecule has 292 valence electrons. The normalized spacial score (nSPS) is 18.9. The van der Waals surface area contributed by atoms with Gasteiger partial charge in [-0.1, -0.05) is 59.6 Å². The number of carbonyl (C=O) groups is 2. The van der Waals surface area contributed by atoms with Crippen molar-refractivity contribution in [1.29, 1.82) is 0 Å². The van der Waals surface area contributed by atoms with Gasteiger partial charge in [-0.05, 0) is 87.2 Å². The third-order valence-electron chi connectivity index (χ3n) is 9.60. The van der Waals surface area contributed by atoms with Gasteiger partial charge in [0.25, 0.3) is 0 Å². The number of nitrogens with zero attached hydrogens (tertiary/aromatic N) is 2. The van der Waals surface area contributed by atoms with Crippen LogP contribution in [0.4, 0.5) is 13.2 Å². The number of nitrogens with one attached hydrogen (secondary N) is 1. The quantitative estimate of drug-likeness (QED) is 0.0733. The topological polar surface area (TPSA) is 113 Å². The van der Waals surface area contributed by atoms with E-state index < -0.39 is 42.6 Å². The van der Waals surface area contributed by atoms with Gasteiger partial charge in [0.1, 0.15) is 34.1 Å². The SMILES string of the molecule is CC(C)Oc1cc(C(Cc2c(Cl)c[n+]([O-])cc2Cl)OC(=O)c2cccc(CNC(C(=O)O[C@H]3CN4CCC3CC4)c3ccccc3F)c2)ccc1OC(F)F. The zero-order chi connectivity index (χ0) is 39.2. The highest BCUT2D eigenvalue weighted by molar-refractivity contribution is 6.35. The van der Waals surface area contributed by atoms with E-state index in [4.69, 9.17) is 37.4 Å². The van der Waals surface area contributed by atoms with Crippen LogP contribution in [-0.4, -0.2) is 55.3 Å². The van der Waals surface area contributed by atoms with Gasteiger partial charge >= 0.3 is 18.6 Å². The summed E-state index contributed by atoms with van der Waals surface area (Å²) in [5.41, 5.74) is 1.50. The molecule has 0 radical (unpaired) electrons. The van der Waals surface area contributed by atoms with Gasteiger partial charge in [0.05, 0.1) is 11.7 Å². The summed E-state index contributed by atoms with van der Waals surface area (Å²) in [7, 11) is 0. The second-order valence-electron chi connectivity index (χ2n) is 13.8. The van der Waals surface area contributed by atoms with Crippen LogP contribution < -0.4 is 19.5 Å². The average Bonchev–Trinajstić information content (AvgIpc) is 3.14. The third kappa shape index (κ3) is 10.2. The van der Waals surface area contributed by atoms with E-state index in [1.165, 1.54) is 36.4 Å². The zero-order valence-corrected chi connectivity index (χ0v) is 31.6. The molecule has 3 atom stereocenters. The highest BCUT2D eigenvalue weighted by atomic mass is 35.5. The van der Waals surface area contributed by atoms with Crippen LogP contribution in [0.3, 0.4) is 0 Å². The summed E-state index contributed by atoms with van der Waals surface area (Å²) in [5, 5.41) is 15.1. The van der Waals surface area contributed by atoms with Gasteiger partial charge in [-0.2, -0.15) is 13.5 Å². The molecule has 3 aliphatic heterocycles. The lowest BCUT2D eigenvalue weighted by molar-refractivity contribution is -0.605. The Kier molecular flexibility index (Phi) is 13.1. The fraction of sp³-hybridized carbons (Fsp3) is 0.375. The molecule has 4 heterocycles. The van der Waals surface area contributed by atoms with Crippen LogP contribution in [0.15, 0.2) is 79.1 Å². The number of rotatable bonds is 15. The molecule has 0 spiro atoms. The van der Waals surface area contributed by atoms with Crippen LogP contribution in [0.1, 0.15) is 71.4 Å². The van der Waals surface area contributed by atoms with Crippen LogP contribution >= 0.6 is 23.2 Å². The lowest BCUT2D eigenvalue weighted by atomic mass is 9.86. The number of pyridine rings is 1. The van der Waals surface area contributed by atoms with Crippen LogP contribution in [0.2, 0.25) is 10.0 Å². The van der Waals surface area contributed by atoms with E-state index >= 15 is 4.39 Å². The average molecular weight is 803 g/mol. The van der Waals surface area contributed by atoms with Crippen molar-refractivity contribution in [3.8, 4) is 11.5 Å². The van der Waals surface area contributed by atoms with Gasteiger partial charge in [0, 0.05) is 30.6 Å². The van der Waals surface area contributed by atoms with Crippen molar-refractivity contribution in [2.24, 2.45) is 5.92 Å². The number of fused-ring (bicyclic) bond motifs is 3. The lowest BCUT2D eigenvalue weighted by Crippen LogP contribution is -2.52. The second-order valence-corrected chi connectivity index (χ2v) is 14.6. The number of piperidine rings is 3. The fourth-order valence-corrected chi connectivity index (χ4v) is 7.52. The monoisotopic (exact) mass is 801 g/mol. The van der Waals surface area contributed by atoms with Crippen molar-refractivity contribution < 1.29 is 46.4 Å². The smallest absolute Gasteiger partial charge is 0.387 e. The highest BCUT2D eigenvalue weighted by Gasteiger charge is 2.38. The van der Waals surface area contributed by atoms with E-state index in [9.17, 15) is 23.6 Å². The number of aromatic nitrogens is 1. The Bertz CT molecular complexity index is 1970. The van der Waals surface area contributed by atoms with Gasteiger partial charge < -0.3 is 24.2 Å². The molecule has 0 saturated carbocycles. The molecule has 3 aromatic carbocycles. The summed E-state index contributed by atoms with van der Waals surface area (Å²) in [4.78, 5) is 29.7.